The first kappa shape index (κ1) is 21.7. The van der Waals surface area contributed by atoms with E-state index in [0.29, 0.717) is 17.0 Å². The lowest BCUT2D eigenvalue weighted by molar-refractivity contribution is -0.149. The van der Waals surface area contributed by atoms with Crippen LogP contribution in [0.3, 0.4) is 0 Å². The molecule has 1 amide bonds. The summed E-state index contributed by atoms with van der Waals surface area (Å²) in [6, 6.07) is 14.2. The van der Waals surface area contributed by atoms with E-state index in [4.69, 9.17) is 9.47 Å². The average molecular weight is 392 g/mol. The molecule has 29 heavy (non-hydrogen) atoms. The molecule has 0 spiro atoms. The lowest BCUT2D eigenvalue weighted by Gasteiger charge is -2.09. The third kappa shape index (κ3) is 6.82. The molecule has 0 saturated heterocycles. The SMILES string of the molecule is Cc1ccc(NC(=O)/C(C#N)=C\c2ccc(OCC(=O)OC(C)C)cc2)cc1C. The second-order valence-electron chi connectivity index (χ2n) is 6.82. The van der Waals surface area contributed by atoms with Crippen LogP contribution >= 0.6 is 0 Å². The van der Waals surface area contributed by atoms with Crippen LogP contribution in [0, 0.1) is 25.2 Å². The minimum Gasteiger partial charge on any atom is -0.482 e. The van der Waals surface area contributed by atoms with Crippen LogP contribution in [0.25, 0.3) is 6.08 Å². The number of nitrogens with zero attached hydrogens (tertiary/aromatic N) is 1. The average Bonchev–Trinajstić information content (AvgIpc) is 2.67. The van der Waals surface area contributed by atoms with E-state index in [1.165, 1.54) is 6.08 Å². The van der Waals surface area contributed by atoms with Gasteiger partial charge in [-0.2, -0.15) is 5.26 Å². The van der Waals surface area contributed by atoms with Crippen LogP contribution in [0.4, 0.5) is 5.69 Å². The predicted molar refractivity (Wildman–Crippen MR) is 111 cm³/mol. The fourth-order valence-corrected chi connectivity index (χ4v) is 2.43. The van der Waals surface area contributed by atoms with Crippen molar-refractivity contribution in [2.45, 2.75) is 33.8 Å². The van der Waals surface area contributed by atoms with Crippen LogP contribution in [0.1, 0.15) is 30.5 Å². The normalized spacial score (nSPS) is 11.0. The minimum atomic E-state index is -0.479. The number of nitrogens with one attached hydrogen (secondary N) is 1. The number of ether oxygens (including phenoxy) is 2. The van der Waals surface area contributed by atoms with Crippen molar-refractivity contribution in [2.75, 3.05) is 11.9 Å². The van der Waals surface area contributed by atoms with E-state index in [-0.39, 0.29) is 18.3 Å². The highest BCUT2D eigenvalue weighted by Crippen LogP contribution is 2.17. The van der Waals surface area contributed by atoms with Crippen LogP contribution in [-0.2, 0) is 14.3 Å². The Morgan fingerprint density at radius 3 is 2.38 bits per heavy atom. The van der Waals surface area contributed by atoms with Gasteiger partial charge in [-0.1, -0.05) is 18.2 Å². The molecular formula is C23H24N2O4. The molecule has 0 fully saturated rings. The maximum absolute atomic E-state index is 12.4. The first-order chi connectivity index (χ1) is 13.8. The molecule has 6 heteroatoms. The molecule has 0 aliphatic rings. The summed E-state index contributed by atoms with van der Waals surface area (Å²) in [5, 5.41) is 12.1. The lowest BCUT2D eigenvalue weighted by atomic mass is 10.1. The van der Waals surface area contributed by atoms with Crippen molar-refractivity contribution in [1.29, 1.82) is 5.26 Å². The van der Waals surface area contributed by atoms with Crippen molar-refractivity contribution in [1.82, 2.24) is 0 Å². The molecule has 0 bridgehead atoms. The summed E-state index contributed by atoms with van der Waals surface area (Å²) in [7, 11) is 0. The summed E-state index contributed by atoms with van der Waals surface area (Å²) in [6.45, 7) is 7.29. The van der Waals surface area contributed by atoms with Crippen LogP contribution in [-0.4, -0.2) is 24.6 Å². The van der Waals surface area contributed by atoms with Crippen LogP contribution in [0.2, 0.25) is 0 Å². The Morgan fingerprint density at radius 2 is 1.79 bits per heavy atom. The van der Waals surface area contributed by atoms with E-state index in [1.54, 1.807) is 44.2 Å². The first-order valence-electron chi connectivity index (χ1n) is 9.21. The van der Waals surface area contributed by atoms with Crippen molar-refractivity contribution in [3.8, 4) is 11.8 Å². The second kappa shape index (κ2) is 10.1. The van der Waals surface area contributed by atoms with Gasteiger partial charge < -0.3 is 14.8 Å². The monoisotopic (exact) mass is 392 g/mol. The van der Waals surface area contributed by atoms with Gasteiger partial charge in [-0.3, -0.25) is 4.79 Å². The van der Waals surface area contributed by atoms with E-state index in [9.17, 15) is 14.9 Å². The zero-order valence-corrected chi connectivity index (χ0v) is 17.0. The highest BCUT2D eigenvalue weighted by Gasteiger charge is 2.10. The molecule has 0 saturated carbocycles. The third-order valence-corrected chi connectivity index (χ3v) is 4.04. The quantitative estimate of drug-likeness (QED) is 0.434. The number of aryl methyl sites for hydroxylation is 2. The Labute approximate surface area is 170 Å². The van der Waals surface area contributed by atoms with Gasteiger partial charge in [0.15, 0.2) is 6.61 Å². The van der Waals surface area contributed by atoms with E-state index < -0.39 is 11.9 Å². The van der Waals surface area contributed by atoms with Gasteiger partial charge in [-0.05, 0) is 74.7 Å². The van der Waals surface area contributed by atoms with Crippen molar-refractivity contribution < 1.29 is 19.1 Å². The van der Waals surface area contributed by atoms with Gasteiger partial charge in [0.1, 0.15) is 17.4 Å². The Bertz CT molecular complexity index is 954. The van der Waals surface area contributed by atoms with Gasteiger partial charge in [-0.25, -0.2) is 4.79 Å². The number of hydrogen-bond donors (Lipinski definition) is 1. The standard InChI is InChI=1S/C23H24N2O4/c1-15(2)29-22(26)14-28-21-9-6-18(7-10-21)12-19(13-24)23(27)25-20-8-5-16(3)17(4)11-20/h5-12,15H,14H2,1-4H3,(H,25,27)/b19-12-. The fraction of sp³-hybridized carbons (Fsp3) is 0.261. The number of esters is 1. The number of rotatable bonds is 7. The van der Waals surface area contributed by atoms with Gasteiger partial charge in [0.05, 0.1) is 6.10 Å². The molecule has 0 aromatic heterocycles. The number of benzene rings is 2. The van der Waals surface area contributed by atoms with Gasteiger partial charge in [0.2, 0.25) is 0 Å². The van der Waals surface area contributed by atoms with Crippen molar-refractivity contribution in [3.05, 3.63) is 64.7 Å². The van der Waals surface area contributed by atoms with E-state index in [2.05, 4.69) is 5.32 Å². The summed E-state index contributed by atoms with van der Waals surface area (Å²) >= 11 is 0. The van der Waals surface area contributed by atoms with Crippen LogP contribution in [0.15, 0.2) is 48.0 Å². The molecule has 0 aliphatic carbocycles. The number of nitriles is 1. The van der Waals surface area contributed by atoms with Crippen LogP contribution < -0.4 is 10.1 Å². The molecule has 0 radical (unpaired) electrons. The Hall–Kier alpha value is -3.59. The maximum atomic E-state index is 12.4. The molecule has 0 unspecified atom stereocenters. The summed E-state index contributed by atoms with van der Waals surface area (Å²) in [5.74, 6) is -0.438. The zero-order chi connectivity index (χ0) is 21.4. The summed E-state index contributed by atoms with van der Waals surface area (Å²) in [6.07, 6.45) is 1.30. The molecule has 2 aromatic rings. The first-order valence-corrected chi connectivity index (χ1v) is 9.21. The van der Waals surface area contributed by atoms with E-state index in [1.807, 2.05) is 32.0 Å². The predicted octanol–water partition coefficient (Wildman–Crippen LogP) is 4.18. The Kier molecular flexibility index (Phi) is 7.55. The molecule has 0 heterocycles. The van der Waals surface area contributed by atoms with Gasteiger partial charge >= 0.3 is 5.97 Å². The highest BCUT2D eigenvalue weighted by atomic mass is 16.6. The third-order valence-electron chi connectivity index (χ3n) is 4.04. The molecule has 0 atom stereocenters. The number of carbonyl (C=O) groups is 2. The molecule has 150 valence electrons. The maximum Gasteiger partial charge on any atom is 0.344 e. The van der Waals surface area contributed by atoms with Gasteiger partial charge in [-0.15, -0.1) is 0 Å². The van der Waals surface area contributed by atoms with Gasteiger partial charge in [0, 0.05) is 5.69 Å². The lowest BCUT2D eigenvalue weighted by Crippen LogP contribution is -2.18. The molecule has 2 aromatic carbocycles. The Balaban J connectivity index is 2.02. The number of carbonyl (C=O) groups excluding carboxylic acids is 2. The minimum absolute atomic E-state index is 0.0163. The number of anilines is 1. The van der Waals surface area contributed by atoms with Crippen molar-refractivity contribution >= 4 is 23.6 Å². The summed E-state index contributed by atoms with van der Waals surface area (Å²) < 4.78 is 10.4. The van der Waals surface area contributed by atoms with Gasteiger partial charge in [0.25, 0.3) is 5.91 Å². The Morgan fingerprint density at radius 1 is 1.10 bits per heavy atom. The van der Waals surface area contributed by atoms with Crippen LogP contribution in [0.5, 0.6) is 5.75 Å². The second-order valence-corrected chi connectivity index (χ2v) is 6.82. The van der Waals surface area contributed by atoms with Crippen molar-refractivity contribution in [2.24, 2.45) is 0 Å². The number of amides is 1. The molecule has 6 nitrogen and oxygen atoms in total. The topological polar surface area (TPSA) is 88.4 Å². The largest absolute Gasteiger partial charge is 0.482 e. The molecule has 2 rings (SSSR count). The molecule has 1 N–H and O–H groups in total. The summed E-state index contributed by atoms with van der Waals surface area (Å²) in [5.41, 5.74) is 3.46. The fourth-order valence-electron chi connectivity index (χ4n) is 2.43. The zero-order valence-electron chi connectivity index (χ0n) is 17.0. The van der Waals surface area contributed by atoms with Crippen molar-refractivity contribution in [3.63, 3.8) is 0 Å². The molecular weight excluding hydrogens is 368 g/mol. The van der Waals surface area contributed by atoms with E-state index >= 15 is 0 Å². The van der Waals surface area contributed by atoms with E-state index in [0.717, 1.165) is 11.1 Å². The smallest absolute Gasteiger partial charge is 0.344 e. The highest BCUT2D eigenvalue weighted by molar-refractivity contribution is 6.09. The molecule has 0 aliphatic heterocycles. The summed E-state index contributed by atoms with van der Waals surface area (Å²) in [4.78, 5) is 23.9. The number of hydrogen-bond acceptors (Lipinski definition) is 5.